The topological polar surface area (TPSA) is 38.1 Å². The van der Waals surface area contributed by atoms with Crippen molar-refractivity contribution in [2.45, 2.75) is 0 Å². The molecule has 0 atom stereocenters. The third kappa shape index (κ3) is 2.92. The van der Waals surface area contributed by atoms with E-state index in [9.17, 15) is 0 Å². The predicted octanol–water partition coefficient (Wildman–Crippen LogP) is 7.05. The Morgan fingerprint density at radius 1 is 0.778 bits per heavy atom. The molecule has 1 aromatic heterocycles. The molecule has 0 aliphatic rings. The molecule has 0 spiro atoms. The van der Waals surface area contributed by atoms with Gasteiger partial charge in [0.25, 0.3) is 0 Å². The van der Waals surface area contributed by atoms with Crippen LogP contribution in [-0.2, 0) is 0 Å². The molecule has 0 fully saturated rings. The van der Waals surface area contributed by atoms with Crippen LogP contribution in [0.1, 0.15) is 0 Å². The highest BCUT2D eigenvalue weighted by molar-refractivity contribution is 6.30. The van der Waals surface area contributed by atoms with Crippen molar-refractivity contribution in [2.75, 3.05) is 5.32 Å². The molecule has 0 aliphatic heterocycles. The molecule has 0 aliphatic carbocycles. The fraction of sp³-hybridized carbons (Fsp3) is 0. The zero-order chi connectivity index (χ0) is 18.2. The minimum Gasteiger partial charge on any atom is -0.436 e. The second kappa shape index (κ2) is 6.45. The molecule has 1 heterocycles. The quantitative estimate of drug-likeness (QED) is 0.370. The fourth-order valence-corrected chi connectivity index (χ4v) is 3.38. The summed E-state index contributed by atoms with van der Waals surface area (Å²) < 4.78 is 6.09. The van der Waals surface area contributed by atoms with E-state index in [1.165, 1.54) is 0 Å². The average Bonchev–Trinajstić information content (AvgIpc) is 3.14. The maximum absolute atomic E-state index is 6.09. The van der Waals surface area contributed by atoms with E-state index in [0.29, 0.717) is 10.9 Å². The number of fused-ring (bicyclic) bond motifs is 3. The van der Waals surface area contributed by atoms with Gasteiger partial charge >= 0.3 is 0 Å². The minimum absolute atomic E-state index is 0.587. The van der Waals surface area contributed by atoms with E-state index >= 15 is 0 Å². The molecule has 0 saturated carbocycles. The molecule has 3 nitrogen and oxygen atoms in total. The molecule has 1 N–H and O–H groups in total. The Labute approximate surface area is 161 Å². The number of hydrogen-bond acceptors (Lipinski definition) is 3. The third-order valence-corrected chi connectivity index (χ3v) is 4.80. The highest BCUT2D eigenvalue weighted by atomic mass is 35.5. The molecule has 5 rings (SSSR count). The molecule has 0 radical (unpaired) electrons. The Hall–Kier alpha value is -3.30. The minimum atomic E-state index is 0.587. The van der Waals surface area contributed by atoms with E-state index in [1.807, 2.05) is 72.8 Å². The molecule has 5 aromatic rings. The molecular formula is C23H15ClN2O. The summed E-state index contributed by atoms with van der Waals surface area (Å²) in [6.07, 6.45) is 0. The van der Waals surface area contributed by atoms with Crippen LogP contribution in [0.5, 0.6) is 0 Å². The first kappa shape index (κ1) is 15.9. The first-order chi connectivity index (χ1) is 13.3. The Morgan fingerprint density at radius 2 is 1.48 bits per heavy atom. The second-order valence-corrected chi connectivity index (χ2v) is 6.77. The van der Waals surface area contributed by atoms with E-state index in [4.69, 9.17) is 21.0 Å². The summed E-state index contributed by atoms with van der Waals surface area (Å²) in [7, 11) is 0. The molecular weight excluding hydrogens is 356 g/mol. The highest BCUT2D eigenvalue weighted by Crippen LogP contribution is 2.35. The van der Waals surface area contributed by atoms with Gasteiger partial charge in [-0.15, -0.1) is 0 Å². The Morgan fingerprint density at radius 3 is 2.26 bits per heavy atom. The van der Waals surface area contributed by atoms with Crippen LogP contribution >= 0.6 is 11.6 Å². The van der Waals surface area contributed by atoms with E-state index < -0.39 is 0 Å². The number of halogens is 1. The van der Waals surface area contributed by atoms with Crippen molar-refractivity contribution in [1.29, 1.82) is 0 Å². The fourth-order valence-electron chi connectivity index (χ4n) is 3.25. The lowest BCUT2D eigenvalue weighted by atomic mass is 10.1. The largest absolute Gasteiger partial charge is 0.436 e. The third-order valence-electron chi connectivity index (χ3n) is 4.55. The van der Waals surface area contributed by atoms with Crippen LogP contribution < -0.4 is 5.32 Å². The lowest BCUT2D eigenvalue weighted by Gasteiger charge is -2.10. The summed E-state index contributed by atoms with van der Waals surface area (Å²) in [6, 6.07) is 27.8. The van der Waals surface area contributed by atoms with Crippen LogP contribution in [0.15, 0.2) is 89.3 Å². The summed E-state index contributed by atoms with van der Waals surface area (Å²) in [5.41, 5.74) is 4.52. The van der Waals surface area contributed by atoms with Crippen molar-refractivity contribution >= 4 is 44.8 Å². The van der Waals surface area contributed by atoms with Crippen molar-refractivity contribution in [3.8, 4) is 11.5 Å². The number of anilines is 2. The summed E-state index contributed by atoms with van der Waals surface area (Å²) in [6.45, 7) is 0. The van der Waals surface area contributed by atoms with Gasteiger partial charge in [-0.05, 0) is 36.4 Å². The maximum Gasteiger partial charge on any atom is 0.227 e. The van der Waals surface area contributed by atoms with Crippen LogP contribution in [0.25, 0.3) is 33.3 Å². The van der Waals surface area contributed by atoms with Crippen LogP contribution in [0.4, 0.5) is 11.4 Å². The summed E-state index contributed by atoms with van der Waals surface area (Å²) >= 11 is 5.99. The van der Waals surface area contributed by atoms with Crippen LogP contribution in [0.3, 0.4) is 0 Å². The number of aromatic nitrogens is 1. The Balaban J connectivity index is 1.70. The van der Waals surface area contributed by atoms with Crippen LogP contribution in [0.2, 0.25) is 5.02 Å². The van der Waals surface area contributed by atoms with Gasteiger partial charge in [0.1, 0.15) is 5.52 Å². The van der Waals surface area contributed by atoms with Gasteiger partial charge in [0.15, 0.2) is 5.58 Å². The smallest absolute Gasteiger partial charge is 0.227 e. The van der Waals surface area contributed by atoms with Crippen molar-refractivity contribution in [2.24, 2.45) is 0 Å². The van der Waals surface area contributed by atoms with E-state index in [0.717, 1.165) is 38.8 Å². The molecule has 4 heteroatoms. The molecule has 0 bridgehead atoms. The molecule has 27 heavy (non-hydrogen) atoms. The lowest BCUT2D eigenvalue weighted by molar-refractivity contribution is 0.620. The highest BCUT2D eigenvalue weighted by Gasteiger charge is 2.14. The van der Waals surface area contributed by atoms with Gasteiger partial charge < -0.3 is 9.73 Å². The standard InChI is InChI=1S/C23H15ClN2O/c24-16-12-10-15(11-13-16)23-26-22-19-9-5-4-8-18(19)20(14-21(22)27-23)25-17-6-2-1-3-7-17/h1-14,25H. The average molecular weight is 371 g/mol. The van der Waals surface area contributed by atoms with Gasteiger partial charge in [-0.3, -0.25) is 0 Å². The molecule has 4 aromatic carbocycles. The van der Waals surface area contributed by atoms with Gasteiger partial charge in [-0.2, -0.15) is 0 Å². The Kier molecular flexibility index (Phi) is 3.80. The number of oxazole rings is 1. The number of benzene rings is 4. The van der Waals surface area contributed by atoms with Crippen LogP contribution in [-0.4, -0.2) is 4.98 Å². The SMILES string of the molecule is Clc1ccc(-c2nc3c(cc(Nc4ccccc4)c4ccccc43)o2)cc1. The van der Waals surface area contributed by atoms with Gasteiger partial charge in [-0.25, -0.2) is 4.98 Å². The number of hydrogen-bond donors (Lipinski definition) is 1. The van der Waals surface area contributed by atoms with Gasteiger partial charge in [0, 0.05) is 33.1 Å². The van der Waals surface area contributed by atoms with Gasteiger partial charge in [0.05, 0.1) is 5.69 Å². The molecule has 130 valence electrons. The summed E-state index contributed by atoms with van der Waals surface area (Å²) in [5.74, 6) is 0.587. The number of para-hydroxylation sites is 1. The maximum atomic E-state index is 6.09. The van der Waals surface area contributed by atoms with E-state index in [1.54, 1.807) is 0 Å². The molecule has 0 amide bonds. The molecule has 0 unspecified atom stereocenters. The monoisotopic (exact) mass is 370 g/mol. The van der Waals surface area contributed by atoms with Crippen molar-refractivity contribution in [3.63, 3.8) is 0 Å². The molecule has 0 saturated heterocycles. The van der Waals surface area contributed by atoms with Crippen molar-refractivity contribution in [3.05, 3.63) is 90.0 Å². The second-order valence-electron chi connectivity index (χ2n) is 6.33. The number of nitrogens with zero attached hydrogens (tertiary/aromatic N) is 1. The zero-order valence-corrected chi connectivity index (χ0v) is 15.1. The lowest BCUT2D eigenvalue weighted by Crippen LogP contribution is -1.91. The first-order valence-corrected chi connectivity index (χ1v) is 9.06. The zero-order valence-electron chi connectivity index (χ0n) is 14.3. The van der Waals surface area contributed by atoms with Crippen molar-refractivity contribution in [1.82, 2.24) is 4.98 Å². The van der Waals surface area contributed by atoms with Gasteiger partial charge in [-0.1, -0.05) is 54.1 Å². The van der Waals surface area contributed by atoms with Crippen molar-refractivity contribution < 1.29 is 4.42 Å². The van der Waals surface area contributed by atoms with E-state index in [2.05, 4.69) is 17.4 Å². The number of nitrogens with one attached hydrogen (secondary N) is 1. The van der Waals surface area contributed by atoms with Crippen LogP contribution in [0, 0.1) is 0 Å². The van der Waals surface area contributed by atoms with E-state index in [-0.39, 0.29) is 0 Å². The van der Waals surface area contributed by atoms with Gasteiger partial charge in [0.2, 0.25) is 5.89 Å². The predicted molar refractivity (Wildman–Crippen MR) is 112 cm³/mol. The summed E-state index contributed by atoms with van der Waals surface area (Å²) in [5, 5.41) is 6.33. The normalized spacial score (nSPS) is 11.1. The summed E-state index contributed by atoms with van der Waals surface area (Å²) in [4.78, 5) is 4.75. The first-order valence-electron chi connectivity index (χ1n) is 8.68. The number of rotatable bonds is 3. The Bertz CT molecular complexity index is 1240.